The molecular weight excluding hydrogens is 428 g/mol. The molecule has 0 radical (unpaired) electrons. The number of ether oxygens (including phenoxy) is 1. The largest absolute Gasteiger partial charge is 0.379 e. The average Bonchev–Trinajstić information content (AvgIpc) is 2.86. The van der Waals surface area contributed by atoms with Gasteiger partial charge in [-0.05, 0) is 48.7 Å². The molecule has 4 rings (SSSR count). The van der Waals surface area contributed by atoms with E-state index in [0.717, 1.165) is 64.5 Å². The number of hydrogen-bond acceptors (Lipinski definition) is 5. The number of morpholine rings is 1. The van der Waals surface area contributed by atoms with Crippen LogP contribution in [-0.4, -0.2) is 62.7 Å². The number of benzene rings is 2. The van der Waals surface area contributed by atoms with Crippen LogP contribution in [0.4, 0.5) is 11.4 Å². The molecular formula is C27H36N4O3. The van der Waals surface area contributed by atoms with Crippen LogP contribution < -0.4 is 15.5 Å². The Labute approximate surface area is 202 Å². The van der Waals surface area contributed by atoms with Crippen LogP contribution in [0.5, 0.6) is 0 Å². The maximum Gasteiger partial charge on any atom is 0.253 e. The zero-order valence-corrected chi connectivity index (χ0v) is 20.3. The van der Waals surface area contributed by atoms with E-state index in [4.69, 9.17) is 4.74 Å². The first-order valence-electron chi connectivity index (χ1n) is 12.4. The maximum atomic E-state index is 13.3. The lowest BCUT2D eigenvalue weighted by Gasteiger charge is -2.32. The van der Waals surface area contributed by atoms with E-state index < -0.39 is 0 Å². The van der Waals surface area contributed by atoms with Crippen LogP contribution in [0.2, 0.25) is 0 Å². The normalized spacial score (nSPS) is 16.3. The summed E-state index contributed by atoms with van der Waals surface area (Å²) >= 11 is 0. The van der Waals surface area contributed by atoms with Crippen molar-refractivity contribution in [3.63, 3.8) is 0 Å². The van der Waals surface area contributed by atoms with Gasteiger partial charge >= 0.3 is 0 Å². The van der Waals surface area contributed by atoms with Gasteiger partial charge < -0.3 is 20.3 Å². The van der Waals surface area contributed by atoms with Gasteiger partial charge in [0.05, 0.1) is 18.8 Å². The van der Waals surface area contributed by atoms with Crippen molar-refractivity contribution in [3.8, 4) is 0 Å². The summed E-state index contributed by atoms with van der Waals surface area (Å²) < 4.78 is 5.40. The molecule has 2 heterocycles. The van der Waals surface area contributed by atoms with E-state index in [2.05, 4.69) is 44.7 Å². The SMILES string of the molecule is CC(C)C(=O)Nc1ccc(N2CCc3ccccc3C2)c(C(=O)NCCCN2CCOCC2)c1. The van der Waals surface area contributed by atoms with E-state index in [1.807, 2.05) is 32.0 Å². The highest BCUT2D eigenvalue weighted by atomic mass is 16.5. The quantitative estimate of drug-likeness (QED) is 0.587. The summed E-state index contributed by atoms with van der Waals surface area (Å²) in [5.41, 5.74) is 4.82. The Hall–Kier alpha value is -2.90. The number of rotatable bonds is 8. The van der Waals surface area contributed by atoms with Gasteiger partial charge in [0.15, 0.2) is 0 Å². The lowest BCUT2D eigenvalue weighted by Crippen LogP contribution is -2.38. The van der Waals surface area contributed by atoms with Gasteiger partial charge in [-0.3, -0.25) is 14.5 Å². The monoisotopic (exact) mass is 464 g/mol. The third kappa shape index (κ3) is 6.15. The molecule has 2 aliphatic rings. The average molecular weight is 465 g/mol. The molecule has 0 bridgehead atoms. The molecule has 182 valence electrons. The Morgan fingerprint density at radius 1 is 1.03 bits per heavy atom. The van der Waals surface area contributed by atoms with Gasteiger partial charge in [-0.1, -0.05) is 38.1 Å². The standard InChI is InChI=1S/C27H36N4O3/c1-20(2)26(32)29-23-8-9-25(31-13-10-21-6-3-4-7-22(21)19-31)24(18-23)27(33)28-11-5-12-30-14-16-34-17-15-30/h3-4,6-9,18,20H,5,10-17,19H2,1-2H3,(H,28,33)(H,29,32). The number of amides is 2. The number of fused-ring (bicyclic) bond motifs is 1. The summed E-state index contributed by atoms with van der Waals surface area (Å²) in [5, 5.41) is 6.04. The summed E-state index contributed by atoms with van der Waals surface area (Å²) in [6, 6.07) is 14.2. The fourth-order valence-electron chi connectivity index (χ4n) is 4.48. The molecule has 2 amide bonds. The highest BCUT2D eigenvalue weighted by Gasteiger charge is 2.22. The van der Waals surface area contributed by atoms with E-state index in [-0.39, 0.29) is 17.7 Å². The van der Waals surface area contributed by atoms with Gasteiger partial charge in [0.1, 0.15) is 0 Å². The molecule has 0 spiro atoms. The molecule has 1 saturated heterocycles. The molecule has 2 aromatic rings. The van der Waals surface area contributed by atoms with Crippen molar-refractivity contribution in [2.75, 3.05) is 56.2 Å². The second kappa shape index (κ2) is 11.5. The summed E-state index contributed by atoms with van der Waals surface area (Å²) in [6.45, 7) is 10.4. The number of hydrogen-bond donors (Lipinski definition) is 2. The Kier molecular flexibility index (Phi) is 8.19. The van der Waals surface area contributed by atoms with Crippen molar-refractivity contribution >= 4 is 23.2 Å². The minimum Gasteiger partial charge on any atom is -0.379 e. The van der Waals surface area contributed by atoms with Crippen molar-refractivity contribution < 1.29 is 14.3 Å². The van der Waals surface area contributed by atoms with Crippen LogP contribution in [0, 0.1) is 5.92 Å². The van der Waals surface area contributed by atoms with Crippen molar-refractivity contribution in [2.45, 2.75) is 33.2 Å². The smallest absolute Gasteiger partial charge is 0.253 e. The zero-order chi connectivity index (χ0) is 23.9. The van der Waals surface area contributed by atoms with E-state index in [1.165, 1.54) is 11.1 Å². The molecule has 7 heteroatoms. The van der Waals surface area contributed by atoms with Crippen LogP contribution in [0.3, 0.4) is 0 Å². The summed E-state index contributed by atoms with van der Waals surface area (Å²) in [7, 11) is 0. The fraction of sp³-hybridized carbons (Fsp3) is 0.481. The molecule has 0 saturated carbocycles. The van der Waals surface area contributed by atoms with Crippen LogP contribution >= 0.6 is 0 Å². The maximum absolute atomic E-state index is 13.3. The first kappa shape index (κ1) is 24.2. The molecule has 2 aromatic carbocycles. The number of nitrogens with zero attached hydrogens (tertiary/aromatic N) is 2. The van der Waals surface area contributed by atoms with Crippen LogP contribution in [0.1, 0.15) is 41.8 Å². The van der Waals surface area contributed by atoms with Crippen LogP contribution in [-0.2, 0) is 22.5 Å². The van der Waals surface area contributed by atoms with E-state index in [9.17, 15) is 9.59 Å². The third-order valence-corrected chi connectivity index (χ3v) is 6.54. The van der Waals surface area contributed by atoms with Crippen molar-refractivity contribution in [2.24, 2.45) is 5.92 Å². The van der Waals surface area contributed by atoms with Gasteiger partial charge in [-0.2, -0.15) is 0 Å². The van der Waals surface area contributed by atoms with E-state index in [0.29, 0.717) is 17.8 Å². The molecule has 0 atom stereocenters. The van der Waals surface area contributed by atoms with Gasteiger partial charge in [-0.15, -0.1) is 0 Å². The minimum atomic E-state index is -0.129. The van der Waals surface area contributed by atoms with Gasteiger partial charge in [0, 0.05) is 50.0 Å². The molecule has 2 aliphatic heterocycles. The molecule has 2 N–H and O–H groups in total. The Morgan fingerprint density at radius 2 is 1.79 bits per heavy atom. The highest BCUT2D eigenvalue weighted by Crippen LogP contribution is 2.29. The predicted molar refractivity (Wildman–Crippen MR) is 135 cm³/mol. The Morgan fingerprint density at radius 3 is 2.56 bits per heavy atom. The van der Waals surface area contributed by atoms with E-state index in [1.54, 1.807) is 0 Å². The zero-order valence-electron chi connectivity index (χ0n) is 20.3. The molecule has 0 aliphatic carbocycles. The van der Waals surface area contributed by atoms with Gasteiger partial charge in [0.2, 0.25) is 5.91 Å². The first-order chi connectivity index (χ1) is 16.5. The highest BCUT2D eigenvalue weighted by molar-refractivity contribution is 6.02. The summed E-state index contributed by atoms with van der Waals surface area (Å²) in [6.07, 6.45) is 1.84. The summed E-state index contributed by atoms with van der Waals surface area (Å²) in [5.74, 6) is -0.288. The molecule has 0 aromatic heterocycles. The van der Waals surface area contributed by atoms with Crippen molar-refractivity contribution in [3.05, 3.63) is 59.2 Å². The minimum absolute atomic E-state index is 0.0588. The Bertz CT molecular complexity index is 1000. The number of nitrogens with one attached hydrogen (secondary N) is 2. The van der Waals surface area contributed by atoms with Gasteiger partial charge in [0.25, 0.3) is 5.91 Å². The van der Waals surface area contributed by atoms with Gasteiger partial charge in [-0.25, -0.2) is 0 Å². The molecule has 34 heavy (non-hydrogen) atoms. The third-order valence-electron chi connectivity index (χ3n) is 6.54. The number of carbonyl (C=O) groups excluding carboxylic acids is 2. The first-order valence-corrected chi connectivity index (χ1v) is 12.4. The van der Waals surface area contributed by atoms with Crippen molar-refractivity contribution in [1.82, 2.24) is 10.2 Å². The predicted octanol–water partition coefficient (Wildman–Crippen LogP) is 3.30. The lowest BCUT2D eigenvalue weighted by molar-refractivity contribution is -0.118. The number of carbonyl (C=O) groups is 2. The second-order valence-electron chi connectivity index (χ2n) is 9.38. The van der Waals surface area contributed by atoms with Crippen LogP contribution in [0.25, 0.3) is 0 Å². The molecule has 7 nitrogen and oxygen atoms in total. The summed E-state index contributed by atoms with van der Waals surface area (Å²) in [4.78, 5) is 30.2. The fourth-order valence-corrected chi connectivity index (χ4v) is 4.48. The second-order valence-corrected chi connectivity index (χ2v) is 9.38. The molecule has 0 unspecified atom stereocenters. The topological polar surface area (TPSA) is 73.9 Å². The van der Waals surface area contributed by atoms with Crippen LogP contribution in [0.15, 0.2) is 42.5 Å². The van der Waals surface area contributed by atoms with Crippen molar-refractivity contribution in [1.29, 1.82) is 0 Å². The number of anilines is 2. The van der Waals surface area contributed by atoms with E-state index >= 15 is 0 Å². The molecule has 1 fully saturated rings. The lowest BCUT2D eigenvalue weighted by atomic mass is 9.98. The Balaban J connectivity index is 1.47.